The standard InChI is InChI=1S/C23H40N6O3/c24-9-4-12-26-10-1-2-11-27-13-5-15-29(32)16-6-14-28-18-19(17-22(25)31)23-20(28)7-3-8-21(23)30/h3,7-8,18,26-27,30,32H,1-2,4-6,9-17,24H2,(H2,25,31). The summed E-state index contributed by atoms with van der Waals surface area (Å²) in [6.07, 6.45) is 6.90. The van der Waals surface area contributed by atoms with E-state index in [-0.39, 0.29) is 12.2 Å². The molecule has 9 heteroatoms. The number of aromatic nitrogens is 1. The lowest BCUT2D eigenvalue weighted by molar-refractivity contribution is -0.117. The van der Waals surface area contributed by atoms with Gasteiger partial charge in [-0.3, -0.25) is 4.79 Å². The number of hydrogen-bond acceptors (Lipinski definition) is 7. The molecule has 180 valence electrons. The molecule has 8 N–H and O–H groups in total. The SMILES string of the molecule is NCCCNCCCCNCCCN(O)CCCn1cc(CC(N)=O)c2c(O)cccc21. The van der Waals surface area contributed by atoms with Gasteiger partial charge in [0.1, 0.15) is 5.75 Å². The van der Waals surface area contributed by atoms with Crippen molar-refractivity contribution in [3.8, 4) is 5.75 Å². The summed E-state index contributed by atoms with van der Waals surface area (Å²) >= 11 is 0. The van der Waals surface area contributed by atoms with Crippen molar-refractivity contribution < 1.29 is 15.1 Å². The van der Waals surface area contributed by atoms with Crippen LogP contribution in [0.5, 0.6) is 5.75 Å². The van der Waals surface area contributed by atoms with E-state index in [0.717, 1.165) is 75.9 Å². The molecule has 0 aliphatic rings. The predicted octanol–water partition coefficient (Wildman–Crippen LogP) is 1.15. The lowest BCUT2D eigenvalue weighted by atomic mass is 10.1. The molecule has 0 aliphatic heterocycles. The smallest absolute Gasteiger partial charge is 0.221 e. The number of primary amides is 1. The van der Waals surface area contributed by atoms with E-state index in [4.69, 9.17) is 11.5 Å². The van der Waals surface area contributed by atoms with E-state index in [0.29, 0.717) is 25.0 Å². The number of aryl methyl sites for hydroxylation is 1. The normalized spacial score (nSPS) is 11.6. The number of amides is 1. The van der Waals surface area contributed by atoms with Gasteiger partial charge in [0.15, 0.2) is 0 Å². The molecule has 32 heavy (non-hydrogen) atoms. The highest BCUT2D eigenvalue weighted by Gasteiger charge is 2.14. The second-order valence-corrected chi connectivity index (χ2v) is 8.17. The average molecular weight is 449 g/mol. The maximum atomic E-state index is 11.4. The van der Waals surface area contributed by atoms with Crippen molar-refractivity contribution in [3.63, 3.8) is 0 Å². The zero-order chi connectivity index (χ0) is 23.2. The van der Waals surface area contributed by atoms with Crippen molar-refractivity contribution in [2.75, 3.05) is 45.8 Å². The monoisotopic (exact) mass is 448 g/mol. The molecule has 0 aliphatic carbocycles. The molecule has 0 saturated carbocycles. The fourth-order valence-electron chi connectivity index (χ4n) is 3.82. The number of fused-ring (bicyclic) bond motifs is 1. The van der Waals surface area contributed by atoms with E-state index in [2.05, 4.69) is 10.6 Å². The Labute approximate surface area is 190 Å². The van der Waals surface area contributed by atoms with Gasteiger partial charge < -0.3 is 37.0 Å². The average Bonchev–Trinajstić information content (AvgIpc) is 3.10. The van der Waals surface area contributed by atoms with Gasteiger partial charge in [0.25, 0.3) is 0 Å². The molecule has 2 aromatic rings. The predicted molar refractivity (Wildman–Crippen MR) is 128 cm³/mol. The molecule has 0 unspecified atom stereocenters. The van der Waals surface area contributed by atoms with Gasteiger partial charge >= 0.3 is 0 Å². The number of hydroxylamine groups is 2. The molecule has 1 aromatic heterocycles. The highest BCUT2D eigenvalue weighted by atomic mass is 16.5. The Morgan fingerprint density at radius 1 is 1.00 bits per heavy atom. The Balaban J connectivity index is 1.61. The number of nitrogens with one attached hydrogen (secondary N) is 2. The number of carbonyl (C=O) groups is 1. The molecule has 0 saturated heterocycles. The van der Waals surface area contributed by atoms with E-state index in [9.17, 15) is 15.1 Å². The number of hydrogen-bond donors (Lipinski definition) is 6. The quantitative estimate of drug-likeness (QED) is 0.148. The molecule has 0 spiro atoms. The molecular formula is C23H40N6O3. The summed E-state index contributed by atoms with van der Waals surface area (Å²) in [5.41, 5.74) is 12.4. The highest BCUT2D eigenvalue weighted by molar-refractivity contribution is 5.93. The van der Waals surface area contributed by atoms with Crippen molar-refractivity contribution in [2.24, 2.45) is 11.5 Å². The summed E-state index contributed by atoms with van der Waals surface area (Å²) < 4.78 is 2.01. The fraction of sp³-hybridized carbons (Fsp3) is 0.609. The van der Waals surface area contributed by atoms with E-state index in [1.54, 1.807) is 12.1 Å². The summed E-state index contributed by atoms with van der Waals surface area (Å²) in [5, 5.41) is 29.1. The number of unbranched alkanes of at least 4 members (excludes halogenated alkanes) is 1. The van der Waals surface area contributed by atoms with Gasteiger partial charge in [-0.1, -0.05) is 6.07 Å². The minimum absolute atomic E-state index is 0.0883. The van der Waals surface area contributed by atoms with Crippen LogP contribution in [0.1, 0.15) is 37.7 Å². The number of phenols is 1. The third kappa shape index (κ3) is 9.13. The van der Waals surface area contributed by atoms with E-state index in [1.807, 2.05) is 16.8 Å². The first-order valence-electron chi connectivity index (χ1n) is 11.7. The Hall–Kier alpha value is -2.17. The molecule has 1 amide bonds. The van der Waals surface area contributed by atoms with Gasteiger partial charge in [-0.15, -0.1) is 0 Å². The second kappa shape index (κ2) is 14.8. The first kappa shape index (κ1) is 26.1. The van der Waals surface area contributed by atoms with Crippen LogP contribution in [0.3, 0.4) is 0 Å². The maximum Gasteiger partial charge on any atom is 0.221 e. The molecule has 0 radical (unpaired) electrons. The third-order valence-electron chi connectivity index (χ3n) is 5.43. The number of aromatic hydroxyl groups is 1. The first-order valence-corrected chi connectivity index (χ1v) is 11.7. The summed E-state index contributed by atoms with van der Waals surface area (Å²) in [4.78, 5) is 11.4. The number of phenolic OH excluding ortho intramolecular Hbond substituents is 1. The summed E-state index contributed by atoms with van der Waals surface area (Å²) in [6, 6.07) is 5.31. The molecule has 0 bridgehead atoms. The summed E-state index contributed by atoms with van der Waals surface area (Å²) in [5.74, 6) is -0.279. The van der Waals surface area contributed by atoms with Crippen LogP contribution in [0.4, 0.5) is 0 Å². The Morgan fingerprint density at radius 2 is 1.66 bits per heavy atom. The van der Waals surface area contributed by atoms with Crippen LogP contribution < -0.4 is 22.1 Å². The largest absolute Gasteiger partial charge is 0.507 e. The Kier molecular flexibility index (Phi) is 12.1. The molecule has 0 atom stereocenters. The third-order valence-corrected chi connectivity index (χ3v) is 5.43. The number of rotatable bonds is 18. The van der Waals surface area contributed by atoms with Crippen molar-refractivity contribution in [2.45, 2.75) is 45.1 Å². The van der Waals surface area contributed by atoms with Gasteiger partial charge in [0.05, 0.1) is 11.9 Å². The van der Waals surface area contributed by atoms with Crippen molar-refractivity contribution >= 4 is 16.8 Å². The molecule has 0 fully saturated rings. The van der Waals surface area contributed by atoms with Crippen LogP contribution in [0, 0.1) is 0 Å². The Bertz CT molecular complexity index is 810. The molecule has 2 rings (SSSR count). The molecule has 1 aromatic carbocycles. The lowest BCUT2D eigenvalue weighted by Crippen LogP contribution is -2.27. The number of nitrogens with zero attached hydrogens (tertiary/aromatic N) is 2. The second-order valence-electron chi connectivity index (χ2n) is 8.17. The van der Waals surface area contributed by atoms with Crippen LogP contribution in [0.25, 0.3) is 10.9 Å². The molecular weight excluding hydrogens is 408 g/mol. The van der Waals surface area contributed by atoms with Crippen LogP contribution in [0.2, 0.25) is 0 Å². The van der Waals surface area contributed by atoms with E-state index >= 15 is 0 Å². The minimum atomic E-state index is -0.429. The molecule has 1 heterocycles. The van der Waals surface area contributed by atoms with Gasteiger partial charge in [-0.05, 0) is 82.5 Å². The Morgan fingerprint density at radius 3 is 2.34 bits per heavy atom. The van der Waals surface area contributed by atoms with Gasteiger partial charge in [-0.25, -0.2) is 0 Å². The number of nitrogens with two attached hydrogens (primary N) is 2. The van der Waals surface area contributed by atoms with Crippen LogP contribution in [-0.2, 0) is 17.8 Å². The highest BCUT2D eigenvalue weighted by Crippen LogP contribution is 2.30. The number of benzene rings is 1. The zero-order valence-electron chi connectivity index (χ0n) is 19.1. The zero-order valence-corrected chi connectivity index (χ0v) is 19.1. The van der Waals surface area contributed by atoms with Crippen LogP contribution in [0.15, 0.2) is 24.4 Å². The van der Waals surface area contributed by atoms with Gasteiger partial charge in [0.2, 0.25) is 5.91 Å². The van der Waals surface area contributed by atoms with E-state index in [1.165, 1.54) is 5.06 Å². The molecule has 9 nitrogen and oxygen atoms in total. The van der Waals surface area contributed by atoms with Crippen molar-refractivity contribution in [1.29, 1.82) is 0 Å². The van der Waals surface area contributed by atoms with Gasteiger partial charge in [-0.2, -0.15) is 5.06 Å². The van der Waals surface area contributed by atoms with Gasteiger partial charge in [0, 0.05) is 31.2 Å². The number of carbonyl (C=O) groups excluding carboxylic acids is 1. The van der Waals surface area contributed by atoms with Crippen molar-refractivity contribution in [3.05, 3.63) is 30.0 Å². The lowest BCUT2D eigenvalue weighted by Gasteiger charge is -2.15. The summed E-state index contributed by atoms with van der Waals surface area (Å²) in [6.45, 7) is 6.49. The topological polar surface area (TPSA) is 142 Å². The van der Waals surface area contributed by atoms with E-state index < -0.39 is 5.91 Å². The fourth-order valence-corrected chi connectivity index (χ4v) is 3.82. The maximum absolute atomic E-state index is 11.4. The van der Waals surface area contributed by atoms with Crippen LogP contribution in [-0.4, -0.2) is 71.7 Å². The van der Waals surface area contributed by atoms with Crippen molar-refractivity contribution in [1.82, 2.24) is 20.3 Å². The van der Waals surface area contributed by atoms with Crippen LogP contribution >= 0.6 is 0 Å². The summed E-state index contributed by atoms with van der Waals surface area (Å²) in [7, 11) is 0. The minimum Gasteiger partial charge on any atom is -0.507 e. The first-order chi connectivity index (χ1) is 15.5.